The normalized spacial score (nSPS) is 10.3. The lowest BCUT2D eigenvalue weighted by atomic mass is 10.2. The van der Waals surface area contributed by atoms with Gasteiger partial charge < -0.3 is 10.5 Å². The summed E-state index contributed by atoms with van der Waals surface area (Å²) < 4.78 is 4.93. The van der Waals surface area contributed by atoms with Crippen LogP contribution in [-0.4, -0.2) is 12.6 Å². The number of anilines is 1. The molecule has 16 heavy (non-hydrogen) atoms. The van der Waals surface area contributed by atoms with Gasteiger partial charge in [0, 0.05) is 10.4 Å². The van der Waals surface area contributed by atoms with E-state index in [0.29, 0.717) is 17.2 Å². The highest BCUT2D eigenvalue weighted by atomic mass is 32.1. The molecule has 2 aromatic rings. The number of nitrogen functional groups attached to an aromatic ring is 1. The van der Waals surface area contributed by atoms with Crippen molar-refractivity contribution in [3.05, 3.63) is 28.5 Å². The second-order valence-electron chi connectivity index (χ2n) is 3.12. The van der Waals surface area contributed by atoms with Gasteiger partial charge in [-0.1, -0.05) is 0 Å². The quantitative estimate of drug-likeness (QED) is 0.854. The monoisotopic (exact) mass is 253 g/mol. The van der Waals surface area contributed by atoms with E-state index in [9.17, 15) is 4.79 Å². The first-order chi connectivity index (χ1) is 7.72. The average Bonchev–Trinajstić information content (AvgIpc) is 2.86. The number of carbonyl (C=O) groups is 1. The van der Waals surface area contributed by atoms with E-state index in [-0.39, 0.29) is 5.97 Å². The van der Waals surface area contributed by atoms with Gasteiger partial charge >= 0.3 is 5.97 Å². The molecule has 3 nitrogen and oxygen atoms in total. The summed E-state index contributed by atoms with van der Waals surface area (Å²) in [4.78, 5) is 12.6. The zero-order valence-electron chi connectivity index (χ0n) is 8.73. The van der Waals surface area contributed by atoms with Gasteiger partial charge in [0.05, 0.1) is 12.2 Å². The lowest BCUT2D eigenvalue weighted by Gasteiger charge is -1.98. The number of hydrogen-bond donors (Lipinski definition) is 1. The lowest BCUT2D eigenvalue weighted by Crippen LogP contribution is -2.05. The second-order valence-corrected chi connectivity index (χ2v) is 4.98. The van der Waals surface area contributed by atoms with Gasteiger partial charge in [-0.15, -0.1) is 11.3 Å². The highest BCUT2D eigenvalue weighted by Gasteiger charge is 2.15. The third-order valence-electron chi connectivity index (χ3n) is 2.06. The van der Waals surface area contributed by atoms with Gasteiger partial charge in [-0.05, 0) is 29.8 Å². The van der Waals surface area contributed by atoms with Crippen LogP contribution in [0.5, 0.6) is 0 Å². The average molecular weight is 253 g/mol. The minimum atomic E-state index is -0.349. The van der Waals surface area contributed by atoms with E-state index in [1.165, 1.54) is 11.3 Å². The number of thiophene rings is 2. The molecule has 0 saturated heterocycles. The summed E-state index contributed by atoms with van der Waals surface area (Å²) >= 11 is 3.03. The van der Waals surface area contributed by atoms with Crippen LogP contribution >= 0.6 is 22.7 Å². The van der Waals surface area contributed by atoms with E-state index in [2.05, 4.69) is 0 Å². The fourth-order valence-electron chi connectivity index (χ4n) is 1.32. The molecule has 2 rings (SSSR count). The number of nitrogens with two attached hydrogens (primary N) is 1. The maximum absolute atomic E-state index is 11.6. The third kappa shape index (κ3) is 2.10. The molecule has 0 unspecified atom stereocenters. The molecule has 0 aliphatic carbocycles. The van der Waals surface area contributed by atoms with Crippen LogP contribution in [0.25, 0.3) is 10.4 Å². The van der Waals surface area contributed by atoms with Gasteiger partial charge in [0.2, 0.25) is 0 Å². The summed E-state index contributed by atoms with van der Waals surface area (Å²) in [5, 5.41) is 4.54. The summed E-state index contributed by atoms with van der Waals surface area (Å²) in [5.41, 5.74) is 7.36. The fourth-order valence-corrected chi connectivity index (χ4v) is 2.96. The summed E-state index contributed by atoms with van der Waals surface area (Å²) in [7, 11) is 0. The predicted molar refractivity (Wildman–Crippen MR) is 68.0 cm³/mol. The predicted octanol–water partition coefficient (Wildman–Crippen LogP) is 3.24. The van der Waals surface area contributed by atoms with Crippen molar-refractivity contribution in [2.24, 2.45) is 0 Å². The zero-order valence-corrected chi connectivity index (χ0v) is 10.4. The van der Waals surface area contributed by atoms with Crippen LogP contribution in [0.15, 0.2) is 22.9 Å². The van der Waals surface area contributed by atoms with E-state index < -0.39 is 0 Å². The Bertz CT molecular complexity index is 488. The number of esters is 1. The van der Waals surface area contributed by atoms with E-state index >= 15 is 0 Å². The highest BCUT2D eigenvalue weighted by Crippen LogP contribution is 2.34. The molecule has 5 heteroatoms. The van der Waals surface area contributed by atoms with Crippen molar-refractivity contribution < 1.29 is 9.53 Å². The molecule has 2 aromatic heterocycles. The van der Waals surface area contributed by atoms with Crippen molar-refractivity contribution in [3.63, 3.8) is 0 Å². The molecule has 0 aliphatic heterocycles. The molecule has 0 aromatic carbocycles. The molecule has 0 fully saturated rings. The van der Waals surface area contributed by atoms with Crippen molar-refractivity contribution in [1.29, 1.82) is 0 Å². The lowest BCUT2D eigenvalue weighted by molar-refractivity contribution is 0.0528. The van der Waals surface area contributed by atoms with E-state index in [1.54, 1.807) is 24.3 Å². The Kier molecular flexibility index (Phi) is 3.26. The van der Waals surface area contributed by atoms with Crippen molar-refractivity contribution in [3.8, 4) is 10.4 Å². The van der Waals surface area contributed by atoms with Crippen LogP contribution in [0.3, 0.4) is 0 Å². The van der Waals surface area contributed by atoms with E-state index in [1.807, 2.05) is 16.8 Å². The number of ether oxygens (including phenoxy) is 1. The first-order valence-electron chi connectivity index (χ1n) is 4.81. The standard InChI is InChI=1S/C11H11NO2S2/c1-2-14-11(13)8-5-9(16-10(8)12)7-3-4-15-6-7/h3-6H,2,12H2,1H3. The van der Waals surface area contributed by atoms with E-state index in [4.69, 9.17) is 10.5 Å². The van der Waals surface area contributed by atoms with Crippen molar-refractivity contribution in [2.45, 2.75) is 6.92 Å². The van der Waals surface area contributed by atoms with Crippen molar-refractivity contribution in [1.82, 2.24) is 0 Å². The number of carbonyl (C=O) groups excluding carboxylic acids is 1. The van der Waals surface area contributed by atoms with Gasteiger partial charge in [-0.3, -0.25) is 0 Å². The summed E-state index contributed by atoms with van der Waals surface area (Å²) in [5.74, 6) is -0.349. The molecule has 0 radical (unpaired) electrons. The fraction of sp³-hybridized carbons (Fsp3) is 0.182. The van der Waals surface area contributed by atoms with Gasteiger partial charge in [-0.2, -0.15) is 11.3 Å². The van der Waals surface area contributed by atoms with Crippen molar-refractivity contribution in [2.75, 3.05) is 12.3 Å². The summed E-state index contributed by atoms with van der Waals surface area (Å²) in [6, 6.07) is 3.80. The molecule has 0 aliphatic rings. The van der Waals surface area contributed by atoms with Gasteiger partial charge in [0.1, 0.15) is 5.00 Å². The Labute approximate surface area is 101 Å². The Morgan fingerprint density at radius 3 is 3.00 bits per heavy atom. The van der Waals surface area contributed by atoms with E-state index in [0.717, 1.165) is 10.4 Å². The molecule has 0 amide bonds. The Balaban J connectivity index is 2.32. The maximum atomic E-state index is 11.6. The van der Waals surface area contributed by atoms with Crippen molar-refractivity contribution >= 4 is 33.6 Å². The Morgan fingerprint density at radius 2 is 2.38 bits per heavy atom. The molecule has 0 bridgehead atoms. The molecule has 2 N–H and O–H groups in total. The Hall–Kier alpha value is -1.33. The van der Waals surface area contributed by atoms with Gasteiger partial charge in [-0.25, -0.2) is 4.79 Å². The van der Waals surface area contributed by atoms with Gasteiger partial charge in [0.25, 0.3) is 0 Å². The minimum absolute atomic E-state index is 0.349. The summed E-state index contributed by atoms with van der Waals surface area (Å²) in [6.45, 7) is 2.14. The smallest absolute Gasteiger partial charge is 0.341 e. The second kappa shape index (κ2) is 4.67. The number of rotatable bonds is 3. The molecule has 0 saturated carbocycles. The molecule has 0 atom stereocenters. The zero-order chi connectivity index (χ0) is 11.5. The van der Waals surface area contributed by atoms with Crippen LogP contribution in [0, 0.1) is 0 Å². The first-order valence-corrected chi connectivity index (χ1v) is 6.57. The molecular weight excluding hydrogens is 242 g/mol. The molecule has 2 heterocycles. The van der Waals surface area contributed by atoms with Crippen LogP contribution in [0.4, 0.5) is 5.00 Å². The molecule has 84 valence electrons. The minimum Gasteiger partial charge on any atom is -0.462 e. The molecule has 0 spiro atoms. The largest absolute Gasteiger partial charge is 0.462 e. The number of hydrogen-bond acceptors (Lipinski definition) is 5. The molecular formula is C11H11NO2S2. The van der Waals surface area contributed by atoms with Crippen LogP contribution in [0.1, 0.15) is 17.3 Å². The van der Waals surface area contributed by atoms with Crippen LogP contribution in [-0.2, 0) is 4.74 Å². The van der Waals surface area contributed by atoms with Crippen LogP contribution in [0.2, 0.25) is 0 Å². The van der Waals surface area contributed by atoms with Crippen LogP contribution < -0.4 is 5.73 Å². The topological polar surface area (TPSA) is 52.3 Å². The first kappa shape index (κ1) is 11.2. The summed E-state index contributed by atoms with van der Waals surface area (Å²) in [6.07, 6.45) is 0. The third-order valence-corrected chi connectivity index (χ3v) is 3.76. The maximum Gasteiger partial charge on any atom is 0.341 e. The Morgan fingerprint density at radius 1 is 1.56 bits per heavy atom. The highest BCUT2D eigenvalue weighted by molar-refractivity contribution is 7.20. The van der Waals surface area contributed by atoms with Gasteiger partial charge in [0.15, 0.2) is 0 Å². The SMILES string of the molecule is CCOC(=O)c1cc(-c2ccsc2)sc1N.